The minimum atomic E-state index is 0.614. The first-order chi connectivity index (χ1) is 7.54. The van der Waals surface area contributed by atoms with Crippen LogP contribution in [0.2, 0.25) is 0 Å². The van der Waals surface area contributed by atoms with Crippen molar-refractivity contribution in [2.45, 2.75) is 46.5 Å². The van der Waals surface area contributed by atoms with E-state index >= 15 is 0 Å². The Kier molecular flexibility index (Phi) is 5.62. The lowest BCUT2D eigenvalue weighted by molar-refractivity contribution is 0.624. The third-order valence-electron chi connectivity index (χ3n) is 2.36. The molecule has 90 valence electrons. The minimum Gasteiger partial charge on any atom is -0.346 e. The first-order valence-electron chi connectivity index (χ1n) is 5.82. The molecule has 0 spiro atoms. The van der Waals surface area contributed by atoms with Crippen LogP contribution in [0, 0.1) is 10.6 Å². The van der Waals surface area contributed by atoms with Gasteiger partial charge in [-0.1, -0.05) is 39.4 Å². The van der Waals surface area contributed by atoms with Gasteiger partial charge in [0.15, 0.2) is 0 Å². The van der Waals surface area contributed by atoms with Gasteiger partial charge < -0.3 is 4.98 Å². The van der Waals surface area contributed by atoms with Gasteiger partial charge >= 0.3 is 0 Å². The molecule has 1 N–H and O–H groups in total. The summed E-state index contributed by atoms with van der Waals surface area (Å²) in [6.07, 6.45) is 4.32. The van der Waals surface area contributed by atoms with E-state index in [-0.39, 0.29) is 0 Å². The van der Waals surface area contributed by atoms with Crippen LogP contribution in [0.4, 0.5) is 0 Å². The van der Waals surface area contributed by atoms with E-state index in [0.717, 1.165) is 29.6 Å². The quantitative estimate of drug-likeness (QED) is 0.814. The van der Waals surface area contributed by atoms with Crippen molar-refractivity contribution in [3.63, 3.8) is 0 Å². The Morgan fingerprint density at radius 3 is 2.69 bits per heavy atom. The lowest BCUT2D eigenvalue weighted by Gasteiger charge is -2.10. The summed E-state index contributed by atoms with van der Waals surface area (Å²) in [5, 5.41) is 0. The first-order valence-corrected chi connectivity index (χ1v) is 7.02. The number of hydrogen-bond acceptors (Lipinski definition) is 2. The number of nitrogens with zero attached hydrogens (tertiary/aromatic N) is 1. The number of aromatic amines is 1. The molecule has 0 aliphatic heterocycles. The number of H-pyrrole nitrogens is 1. The fourth-order valence-electron chi connectivity index (χ4n) is 1.57. The van der Waals surface area contributed by atoms with Crippen LogP contribution < -0.4 is 0 Å². The predicted octanol–water partition coefficient (Wildman–Crippen LogP) is 4.44. The van der Waals surface area contributed by atoms with Crippen molar-refractivity contribution in [2.24, 2.45) is 5.92 Å². The molecule has 1 aromatic heterocycles. The van der Waals surface area contributed by atoms with Gasteiger partial charge in [-0.2, -0.15) is 0 Å². The number of nitrogens with one attached hydrogen (secondary N) is 1. The van der Waals surface area contributed by atoms with Crippen molar-refractivity contribution >= 4 is 28.1 Å². The van der Waals surface area contributed by atoms with Gasteiger partial charge in [-0.25, -0.2) is 4.98 Å². The molecule has 2 nitrogen and oxygen atoms in total. The molecule has 0 bridgehead atoms. The molecule has 0 atom stereocenters. The van der Waals surface area contributed by atoms with Crippen molar-refractivity contribution in [1.29, 1.82) is 0 Å². The summed E-state index contributed by atoms with van der Waals surface area (Å²) in [7, 11) is 0. The Hall–Kier alpha value is -0.220. The Labute approximate surface area is 111 Å². The highest BCUT2D eigenvalue weighted by atomic mass is 79.9. The zero-order valence-corrected chi connectivity index (χ0v) is 12.5. The SMILES string of the molecule is CCCCc1nc(=S)c(Br)c(CC(C)C)[nH]1. The molecule has 0 fully saturated rings. The van der Waals surface area contributed by atoms with Crippen LogP contribution in [0.5, 0.6) is 0 Å². The van der Waals surface area contributed by atoms with Gasteiger partial charge in [0.05, 0.1) is 4.47 Å². The van der Waals surface area contributed by atoms with Crippen molar-refractivity contribution in [3.05, 3.63) is 20.6 Å². The molecule has 0 aliphatic rings. The van der Waals surface area contributed by atoms with E-state index in [4.69, 9.17) is 12.2 Å². The molecule has 4 heteroatoms. The molecule has 1 aromatic rings. The van der Waals surface area contributed by atoms with Crippen LogP contribution in [0.15, 0.2) is 4.47 Å². The highest BCUT2D eigenvalue weighted by Crippen LogP contribution is 2.19. The number of unbranched alkanes of at least 4 members (excludes halogenated alkanes) is 1. The molecular weight excluding hydrogens is 284 g/mol. The summed E-state index contributed by atoms with van der Waals surface area (Å²) >= 11 is 8.77. The zero-order valence-electron chi connectivity index (χ0n) is 10.1. The normalized spacial score (nSPS) is 11.1. The molecule has 0 amide bonds. The average Bonchev–Trinajstić information content (AvgIpc) is 2.21. The molecule has 1 heterocycles. The van der Waals surface area contributed by atoms with Gasteiger partial charge in [0.25, 0.3) is 0 Å². The van der Waals surface area contributed by atoms with Gasteiger partial charge in [0.2, 0.25) is 0 Å². The Bertz CT molecular complexity index is 398. The highest BCUT2D eigenvalue weighted by Gasteiger charge is 2.07. The van der Waals surface area contributed by atoms with E-state index in [1.54, 1.807) is 0 Å². The Morgan fingerprint density at radius 1 is 1.44 bits per heavy atom. The summed E-state index contributed by atoms with van der Waals surface area (Å²) in [6, 6.07) is 0. The van der Waals surface area contributed by atoms with E-state index in [1.165, 1.54) is 12.1 Å². The van der Waals surface area contributed by atoms with Gasteiger partial charge in [0, 0.05) is 12.1 Å². The largest absolute Gasteiger partial charge is 0.346 e. The van der Waals surface area contributed by atoms with Crippen LogP contribution in [0.3, 0.4) is 0 Å². The number of aryl methyl sites for hydroxylation is 1. The van der Waals surface area contributed by atoms with Crippen molar-refractivity contribution in [1.82, 2.24) is 9.97 Å². The van der Waals surface area contributed by atoms with Crippen LogP contribution >= 0.6 is 28.1 Å². The highest BCUT2D eigenvalue weighted by molar-refractivity contribution is 9.10. The summed E-state index contributed by atoms with van der Waals surface area (Å²) in [5.41, 5.74) is 1.18. The summed E-state index contributed by atoms with van der Waals surface area (Å²) in [4.78, 5) is 7.79. The fraction of sp³-hybridized carbons (Fsp3) is 0.667. The van der Waals surface area contributed by atoms with Crippen LogP contribution in [0.1, 0.15) is 45.1 Å². The molecular formula is C12H19BrN2S. The molecule has 1 rings (SSSR count). The van der Waals surface area contributed by atoms with Crippen LogP contribution in [0.25, 0.3) is 0 Å². The zero-order chi connectivity index (χ0) is 12.1. The van der Waals surface area contributed by atoms with E-state index in [2.05, 4.69) is 46.7 Å². The maximum Gasteiger partial charge on any atom is 0.144 e. The smallest absolute Gasteiger partial charge is 0.144 e. The monoisotopic (exact) mass is 302 g/mol. The first kappa shape index (κ1) is 13.8. The molecule has 0 saturated heterocycles. The predicted molar refractivity (Wildman–Crippen MR) is 74.3 cm³/mol. The second-order valence-electron chi connectivity index (χ2n) is 4.48. The number of hydrogen-bond donors (Lipinski definition) is 1. The maximum atomic E-state index is 5.25. The average molecular weight is 303 g/mol. The third-order valence-corrected chi connectivity index (χ3v) is 3.78. The maximum absolute atomic E-state index is 5.25. The van der Waals surface area contributed by atoms with E-state index in [9.17, 15) is 0 Å². The molecule has 0 aromatic carbocycles. The van der Waals surface area contributed by atoms with E-state index in [1.807, 2.05) is 0 Å². The molecule has 0 saturated carbocycles. The summed E-state index contributed by atoms with van der Waals surface area (Å²) in [6.45, 7) is 6.59. The lowest BCUT2D eigenvalue weighted by Crippen LogP contribution is -2.05. The molecule has 0 radical (unpaired) electrons. The second kappa shape index (κ2) is 6.50. The standard InChI is InChI=1S/C12H19BrN2S/c1-4-5-6-10-14-9(7-8(2)3)11(13)12(16)15-10/h8H,4-7H2,1-3H3,(H,14,15,16). The summed E-state index contributed by atoms with van der Waals surface area (Å²) < 4.78 is 1.64. The van der Waals surface area contributed by atoms with Crippen molar-refractivity contribution < 1.29 is 0 Å². The van der Waals surface area contributed by atoms with Gasteiger partial charge in [-0.05, 0) is 34.7 Å². The fourth-order valence-corrected chi connectivity index (χ4v) is 2.15. The topological polar surface area (TPSA) is 28.7 Å². The number of rotatable bonds is 5. The van der Waals surface area contributed by atoms with Gasteiger partial charge in [-0.15, -0.1) is 0 Å². The van der Waals surface area contributed by atoms with E-state index < -0.39 is 0 Å². The molecule has 0 unspecified atom stereocenters. The van der Waals surface area contributed by atoms with Crippen molar-refractivity contribution in [3.8, 4) is 0 Å². The summed E-state index contributed by atoms with van der Waals surface area (Å²) in [5.74, 6) is 1.63. The molecule has 16 heavy (non-hydrogen) atoms. The van der Waals surface area contributed by atoms with Gasteiger partial charge in [0.1, 0.15) is 10.5 Å². The lowest BCUT2D eigenvalue weighted by atomic mass is 10.1. The Morgan fingerprint density at radius 2 is 2.12 bits per heavy atom. The third kappa shape index (κ3) is 3.98. The Balaban J connectivity index is 2.97. The van der Waals surface area contributed by atoms with Crippen molar-refractivity contribution in [2.75, 3.05) is 0 Å². The molecule has 0 aliphatic carbocycles. The van der Waals surface area contributed by atoms with Crippen LogP contribution in [-0.2, 0) is 12.8 Å². The second-order valence-corrected chi connectivity index (χ2v) is 5.66. The van der Waals surface area contributed by atoms with E-state index in [0.29, 0.717) is 10.6 Å². The number of aromatic nitrogens is 2. The minimum absolute atomic E-state index is 0.614. The van der Waals surface area contributed by atoms with Crippen LogP contribution in [-0.4, -0.2) is 9.97 Å². The van der Waals surface area contributed by atoms with Gasteiger partial charge in [-0.3, -0.25) is 0 Å². The number of halogens is 1.